The van der Waals surface area contributed by atoms with Gasteiger partial charge < -0.3 is 14.4 Å². The van der Waals surface area contributed by atoms with Crippen molar-refractivity contribution in [1.82, 2.24) is 0 Å². The minimum atomic E-state index is -0.512. The second kappa shape index (κ2) is 19.1. The van der Waals surface area contributed by atoms with E-state index in [1.165, 1.54) is 69.9 Å². The Bertz CT molecular complexity index is 1310. The molecule has 3 aromatic carbocycles. The molecule has 0 aliphatic rings. The van der Waals surface area contributed by atoms with Crippen LogP contribution in [-0.4, -0.2) is 32.5 Å². The number of rotatable bonds is 19. The maximum absolute atomic E-state index is 12.7. The van der Waals surface area contributed by atoms with E-state index in [0.717, 1.165) is 35.6 Å². The largest absolute Gasteiger partial charge is 0.494 e. The fourth-order valence-electron chi connectivity index (χ4n) is 4.63. The fraction of sp³-hybridized carbons (Fsp3) is 0.368. The highest BCUT2D eigenvalue weighted by Crippen LogP contribution is 2.18. The lowest BCUT2D eigenvalue weighted by Gasteiger charge is -2.11. The Morgan fingerprint density at radius 1 is 0.674 bits per heavy atom. The van der Waals surface area contributed by atoms with Crippen LogP contribution in [0.2, 0.25) is 0 Å². The van der Waals surface area contributed by atoms with Gasteiger partial charge in [-0.25, -0.2) is 4.79 Å². The highest BCUT2D eigenvalue weighted by atomic mass is 16.5. The molecule has 0 N–H and O–H groups in total. The van der Waals surface area contributed by atoms with Crippen LogP contribution in [-0.2, 0) is 4.79 Å². The lowest BCUT2D eigenvalue weighted by atomic mass is 10.1. The minimum absolute atomic E-state index is 0.166. The summed E-state index contributed by atoms with van der Waals surface area (Å²) in [6, 6.07) is 22.2. The number of allylic oxidation sites excluding steroid dienone is 1. The molecule has 0 aromatic heterocycles. The molecule has 5 heteroatoms. The van der Waals surface area contributed by atoms with Gasteiger partial charge in [0.05, 0.1) is 6.61 Å². The quantitative estimate of drug-likeness (QED) is 0.0464. The Morgan fingerprint density at radius 2 is 1.26 bits per heavy atom. The second-order valence-electron chi connectivity index (χ2n) is 11.1. The normalized spacial score (nSPS) is 11.2. The van der Waals surface area contributed by atoms with Crippen LogP contribution in [0.4, 0.5) is 5.69 Å². The summed E-state index contributed by atoms with van der Waals surface area (Å²) < 4.78 is 11.3. The van der Waals surface area contributed by atoms with Crippen molar-refractivity contribution >= 4 is 29.6 Å². The van der Waals surface area contributed by atoms with Gasteiger partial charge >= 0.3 is 5.97 Å². The van der Waals surface area contributed by atoms with E-state index in [9.17, 15) is 9.59 Å². The third-order valence-electron chi connectivity index (χ3n) is 7.23. The maximum Gasteiger partial charge on any atom is 0.336 e. The van der Waals surface area contributed by atoms with Gasteiger partial charge in [-0.1, -0.05) is 107 Å². The van der Waals surface area contributed by atoms with Crippen LogP contribution >= 0.6 is 0 Å². The topological polar surface area (TPSA) is 55.8 Å². The number of carbonyl (C=O) groups is 2. The van der Waals surface area contributed by atoms with E-state index in [1.807, 2.05) is 67.5 Å². The summed E-state index contributed by atoms with van der Waals surface area (Å²) in [5.41, 5.74) is 3.34. The van der Waals surface area contributed by atoms with Gasteiger partial charge in [0.25, 0.3) is 0 Å². The molecule has 43 heavy (non-hydrogen) atoms. The zero-order valence-corrected chi connectivity index (χ0v) is 26.1. The molecular formula is C38H47NO4. The van der Waals surface area contributed by atoms with Crippen molar-refractivity contribution in [3.8, 4) is 11.5 Å². The molecule has 0 radical (unpaired) electrons. The molecule has 0 heterocycles. The van der Waals surface area contributed by atoms with Crippen molar-refractivity contribution in [2.75, 3.05) is 25.6 Å². The van der Waals surface area contributed by atoms with Crippen LogP contribution in [0, 0.1) is 0 Å². The second-order valence-corrected chi connectivity index (χ2v) is 11.1. The number of esters is 1. The van der Waals surface area contributed by atoms with Crippen LogP contribution in [0.3, 0.4) is 0 Å². The fourth-order valence-corrected chi connectivity index (χ4v) is 4.63. The molecule has 228 valence electrons. The molecule has 0 saturated heterocycles. The molecule has 0 unspecified atom stereocenters. The number of nitrogens with zero attached hydrogens (tertiary/aromatic N) is 1. The molecule has 0 amide bonds. The molecule has 0 bridgehead atoms. The van der Waals surface area contributed by atoms with E-state index in [-0.39, 0.29) is 5.78 Å². The van der Waals surface area contributed by atoms with Gasteiger partial charge in [0.2, 0.25) is 0 Å². The molecule has 0 atom stereocenters. The predicted molar refractivity (Wildman–Crippen MR) is 179 cm³/mol. The number of ether oxygens (including phenoxy) is 2. The number of hydrogen-bond donors (Lipinski definition) is 0. The van der Waals surface area contributed by atoms with Crippen LogP contribution in [0.5, 0.6) is 11.5 Å². The van der Waals surface area contributed by atoms with Gasteiger partial charge in [0.1, 0.15) is 11.5 Å². The summed E-state index contributed by atoms with van der Waals surface area (Å²) in [4.78, 5) is 27.1. The lowest BCUT2D eigenvalue weighted by molar-refractivity contribution is -0.128. The smallest absolute Gasteiger partial charge is 0.336 e. The van der Waals surface area contributed by atoms with Gasteiger partial charge in [0, 0.05) is 31.4 Å². The number of hydrogen-bond acceptors (Lipinski definition) is 5. The standard InChI is InChI=1S/C38H47NO4/c1-4-5-6-7-8-9-10-11-12-13-29-42-35-25-19-32(20-26-35)22-28-38(41)43-36-16-14-15-33(30-36)37(40)27-21-31-17-23-34(24-18-31)39(2)3/h14-28,30H,4-13,29H2,1-3H3/b27-21+,28-22+. The first kappa shape index (κ1) is 33.4. The average Bonchev–Trinajstić information content (AvgIpc) is 3.02. The monoisotopic (exact) mass is 581 g/mol. The molecular weight excluding hydrogens is 534 g/mol. The van der Waals surface area contributed by atoms with E-state index in [1.54, 1.807) is 36.4 Å². The Balaban J connectivity index is 1.37. The van der Waals surface area contributed by atoms with E-state index in [0.29, 0.717) is 11.3 Å². The molecule has 0 aliphatic carbocycles. The molecule has 5 nitrogen and oxygen atoms in total. The van der Waals surface area contributed by atoms with Crippen molar-refractivity contribution in [2.45, 2.75) is 71.1 Å². The first-order valence-corrected chi connectivity index (χ1v) is 15.7. The summed E-state index contributed by atoms with van der Waals surface area (Å²) >= 11 is 0. The van der Waals surface area contributed by atoms with Crippen LogP contribution in [0.1, 0.15) is 92.6 Å². The summed E-state index contributed by atoms with van der Waals surface area (Å²) in [7, 11) is 3.97. The Kier molecular flexibility index (Phi) is 14.9. The summed E-state index contributed by atoms with van der Waals surface area (Å²) in [5.74, 6) is 0.472. The Hall–Kier alpha value is -4.12. The number of anilines is 1. The van der Waals surface area contributed by atoms with E-state index in [4.69, 9.17) is 9.47 Å². The van der Waals surface area contributed by atoms with Gasteiger partial charge in [-0.15, -0.1) is 0 Å². The Morgan fingerprint density at radius 3 is 1.88 bits per heavy atom. The van der Waals surface area contributed by atoms with E-state index in [2.05, 4.69) is 6.92 Å². The van der Waals surface area contributed by atoms with Gasteiger partial charge in [-0.3, -0.25) is 4.79 Å². The van der Waals surface area contributed by atoms with Gasteiger partial charge in [0.15, 0.2) is 5.78 Å². The van der Waals surface area contributed by atoms with Crippen molar-refractivity contribution in [3.05, 3.63) is 102 Å². The van der Waals surface area contributed by atoms with E-state index < -0.39 is 5.97 Å². The maximum atomic E-state index is 12.7. The first-order chi connectivity index (χ1) is 20.9. The van der Waals surface area contributed by atoms with Gasteiger partial charge in [-0.05, 0) is 66.1 Å². The van der Waals surface area contributed by atoms with Crippen molar-refractivity contribution < 1.29 is 19.1 Å². The van der Waals surface area contributed by atoms with Crippen LogP contribution < -0.4 is 14.4 Å². The minimum Gasteiger partial charge on any atom is -0.494 e. The van der Waals surface area contributed by atoms with Crippen molar-refractivity contribution in [2.24, 2.45) is 0 Å². The molecule has 0 aliphatic heterocycles. The highest BCUT2D eigenvalue weighted by molar-refractivity contribution is 6.07. The van der Waals surface area contributed by atoms with Crippen molar-refractivity contribution in [1.29, 1.82) is 0 Å². The van der Waals surface area contributed by atoms with Crippen molar-refractivity contribution in [3.63, 3.8) is 0 Å². The SMILES string of the molecule is CCCCCCCCCCCCOc1ccc(/C=C/C(=O)Oc2cccc(C(=O)/C=C/c3ccc(N(C)C)cc3)c2)cc1. The lowest BCUT2D eigenvalue weighted by Crippen LogP contribution is -2.07. The zero-order valence-electron chi connectivity index (χ0n) is 26.1. The zero-order chi connectivity index (χ0) is 30.7. The van der Waals surface area contributed by atoms with Gasteiger partial charge in [-0.2, -0.15) is 0 Å². The Labute approximate surface area is 258 Å². The van der Waals surface area contributed by atoms with Crippen LogP contribution in [0.25, 0.3) is 12.2 Å². The number of carbonyl (C=O) groups excluding carboxylic acids is 2. The third kappa shape index (κ3) is 13.2. The summed E-state index contributed by atoms with van der Waals surface area (Å²) in [5, 5.41) is 0. The first-order valence-electron chi connectivity index (χ1n) is 15.7. The molecule has 3 aromatic rings. The molecule has 0 saturated carbocycles. The third-order valence-corrected chi connectivity index (χ3v) is 7.23. The number of unbranched alkanes of at least 4 members (excludes halogenated alkanes) is 9. The number of ketones is 1. The number of benzene rings is 3. The highest BCUT2D eigenvalue weighted by Gasteiger charge is 2.07. The van der Waals surface area contributed by atoms with Crippen LogP contribution in [0.15, 0.2) is 84.9 Å². The molecule has 0 spiro atoms. The predicted octanol–water partition coefficient (Wildman–Crippen LogP) is 9.57. The summed E-state index contributed by atoms with van der Waals surface area (Å²) in [6.45, 7) is 2.98. The molecule has 0 fully saturated rings. The average molecular weight is 582 g/mol. The van der Waals surface area contributed by atoms with E-state index >= 15 is 0 Å². The summed E-state index contributed by atoms with van der Waals surface area (Å²) in [6.07, 6.45) is 19.4. The molecule has 3 rings (SSSR count).